The molecule has 90 valence electrons. The van der Waals surface area contributed by atoms with Crippen molar-refractivity contribution >= 4 is 31.8 Å². The summed E-state index contributed by atoms with van der Waals surface area (Å²) in [6, 6.07) is 1.53. The Bertz CT molecular complexity index is 462. The molecule has 0 aliphatic heterocycles. The SMILES string of the molecule is CCNc1ncc(Br)cc1S(=O)(=O)NCC. The Kier molecular flexibility index (Phi) is 4.69. The molecule has 1 rings (SSSR count). The molecule has 5 nitrogen and oxygen atoms in total. The summed E-state index contributed by atoms with van der Waals surface area (Å²) in [7, 11) is -3.49. The van der Waals surface area contributed by atoms with E-state index in [4.69, 9.17) is 0 Å². The summed E-state index contributed by atoms with van der Waals surface area (Å²) in [5.41, 5.74) is 0. The van der Waals surface area contributed by atoms with Gasteiger partial charge in [-0.1, -0.05) is 6.92 Å². The lowest BCUT2D eigenvalue weighted by Crippen LogP contribution is -2.24. The maximum absolute atomic E-state index is 11.9. The quantitative estimate of drug-likeness (QED) is 0.866. The number of halogens is 1. The van der Waals surface area contributed by atoms with Gasteiger partial charge in [-0.2, -0.15) is 0 Å². The van der Waals surface area contributed by atoms with Crippen LogP contribution in [-0.2, 0) is 10.0 Å². The zero-order chi connectivity index (χ0) is 12.2. The summed E-state index contributed by atoms with van der Waals surface area (Å²) in [5.74, 6) is 0.367. The predicted molar refractivity (Wildman–Crippen MR) is 67.0 cm³/mol. The molecule has 7 heteroatoms. The minimum Gasteiger partial charge on any atom is -0.369 e. The molecule has 0 amide bonds. The van der Waals surface area contributed by atoms with Crippen LogP contribution in [0.4, 0.5) is 5.82 Å². The molecule has 16 heavy (non-hydrogen) atoms. The first kappa shape index (κ1) is 13.4. The third-order valence-electron chi connectivity index (χ3n) is 1.79. The highest BCUT2D eigenvalue weighted by Crippen LogP contribution is 2.22. The van der Waals surface area contributed by atoms with Crippen LogP contribution in [0.2, 0.25) is 0 Å². The van der Waals surface area contributed by atoms with Gasteiger partial charge in [0.2, 0.25) is 10.0 Å². The van der Waals surface area contributed by atoms with E-state index < -0.39 is 10.0 Å². The van der Waals surface area contributed by atoms with Crippen LogP contribution >= 0.6 is 15.9 Å². The fourth-order valence-electron chi connectivity index (χ4n) is 1.19. The molecule has 1 aromatic rings. The zero-order valence-corrected chi connectivity index (χ0v) is 11.5. The molecule has 0 aliphatic rings. The highest BCUT2D eigenvalue weighted by atomic mass is 79.9. The number of rotatable bonds is 5. The summed E-state index contributed by atoms with van der Waals surface area (Å²) in [5, 5.41) is 2.92. The van der Waals surface area contributed by atoms with E-state index in [1.54, 1.807) is 13.1 Å². The number of hydrogen-bond acceptors (Lipinski definition) is 4. The summed E-state index contributed by atoms with van der Waals surface area (Å²) >= 11 is 3.21. The normalized spacial score (nSPS) is 11.4. The molecule has 0 fully saturated rings. The van der Waals surface area contributed by atoms with Crippen LogP contribution in [0.5, 0.6) is 0 Å². The average molecular weight is 308 g/mol. The number of anilines is 1. The van der Waals surface area contributed by atoms with Gasteiger partial charge in [0.15, 0.2) is 0 Å². The molecule has 0 saturated heterocycles. The van der Waals surface area contributed by atoms with E-state index in [1.165, 1.54) is 6.07 Å². The lowest BCUT2D eigenvalue weighted by Gasteiger charge is -2.10. The fraction of sp³-hybridized carbons (Fsp3) is 0.444. The zero-order valence-electron chi connectivity index (χ0n) is 9.12. The summed E-state index contributed by atoms with van der Waals surface area (Å²) in [6.07, 6.45) is 1.56. The van der Waals surface area contributed by atoms with Crippen molar-refractivity contribution in [3.63, 3.8) is 0 Å². The van der Waals surface area contributed by atoms with Gasteiger partial charge in [0.1, 0.15) is 10.7 Å². The Morgan fingerprint density at radius 3 is 2.62 bits per heavy atom. The summed E-state index contributed by atoms with van der Waals surface area (Å²) in [6.45, 7) is 4.58. The monoisotopic (exact) mass is 307 g/mol. The smallest absolute Gasteiger partial charge is 0.244 e. The van der Waals surface area contributed by atoms with E-state index in [0.717, 1.165) is 0 Å². The molecule has 0 aliphatic carbocycles. The Morgan fingerprint density at radius 1 is 1.38 bits per heavy atom. The van der Waals surface area contributed by atoms with E-state index in [9.17, 15) is 8.42 Å². The minimum atomic E-state index is -3.49. The number of pyridine rings is 1. The largest absolute Gasteiger partial charge is 0.369 e. The van der Waals surface area contributed by atoms with Crippen molar-refractivity contribution in [3.05, 3.63) is 16.7 Å². The third kappa shape index (κ3) is 3.16. The maximum Gasteiger partial charge on any atom is 0.244 e. The number of sulfonamides is 1. The van der Waals surface area contributed by atoms with Crippen molar-refractivity contribution in [2.75, 3.05) is 18.4 Å². The maximum atomic E-state index is 11.9. The number of aromatic nitrogens is 1. The van der Waals surface area contributed by atoms with Gasteiger partial charge in [0.05, 0.1) is 0 Å². The Morgan fingerprint density at radius 2 is 2.06 bits per heavy atom. The van der Waals surface area contributed by atoms with Crippen molar-refractivity contribution in [2.45, 2.75) is 18.7 Å². The number of nitrogens with zero attached hydrogens (tertiary/aromatic N) is 1. The topological polar surface area (TPSA) is 71.1 Å². The van der Waals surface area contributed by atoms with E-state index >= 15 is 0 Å². The van der Waals surface area contributed by atoms with Gasteiger partial charge in [-0.3, -0.25) is 0 Å². The van der Waals surface area contributed by atoms with Crippen molar-refractivity contribution in [1.82, 2.24) is 9.71 Å². The van der Waals surface area contributed by atoms with Gasteiger partial charge in [-0.25, -0.2) is 18.1 Å². The second-order valence-corrected chi connectivity index (χ2v) is 5.68. The van der Waals surface area contributed by atoms with E-state index in [2.05, 4.69) is 31.0 Å². The lowest BCUT2D eigenvalue weighted by molar-refractivity contribution is 0.584. The second kappa shape index (κ2) is 5.60. The Balaban J connectivity index is 3.24. The van der Waals surface area contributed by atoms with Gasteiger partial charge in [0, 0.05) is 23.8 Å². The van der Waals surface area contributed by atoms with Gasteiger partial charge in [-0.15, -0.1) is 0 Å². The van der Waals surface area contributed by atoms with Crippen LogP contribution in [0.15, 0.2) is 21.6 Å². The Labute approximate surface area is 104 Å². The molecule has 0 bridgehead atoms. The highest BCUT2D eigenvalue weighted by molar-refractivity contribution is 9.10. The molecule has 0 atom stereocenters. The second-order valence-electron chi connectivity index (χ2n) is 3.03. The van der Waals surface area contributed by atoms with E-state index in [-0.39, 0.29) is 4.90 Å². The molecule has 2 N–H and O–H groups in total. The minimum absolute atomic E-state index is 0.158. The molecule has 1 aromatic heterocycles. The standard InChI is InChI=1S/C9H14BrN3O2S/c1-3-11-9-8(5-7(10)6-12-9)16(14,15)13-4-2/h5-6,13H,3-4H2,1-2H3,(H,11,12). The average Bonchev–Trinajstić information content (AvgIpc) is 2.21. The van der Waals surface area contributed by atoms with E-state index in [1.807, 2.05) is 6.92 Å². The van der Waals surface area contributed by atoms with Crippen LogP contribution in [0.25, 0.3) is 0 Å². The summed E-state index contributed by atoms with van der Waals surface area (Å²) < 4.78 is 26.8. The summed E-state index contributed by atoms with van der Waals surface area (Å²) in [4.78, 5) is 4.20. The van der Waals surface area contributed by atoms with Crippen molar-refractivity contribution in [2.24, 2.45) is 0 Å². The van der Waals surface area contributed by atoms with Crippen molar-refractivity contribution < 1.29 is 8.42 Å². The van der Waals surface area contributed by atoms with Crippen LogP contribution in [0.1, 0.15) is 13.8 Å². The molecule has 0 aromatic carbocycles. The van der Waals surface area contributed by atoms with Crippen LogP contribution in [-0.4, -0.2) is 26.5 Å². The van der Waals surface area contributed by atoms with Crippen molar-refractivity contribution in [3.8, 4) is 0 Å². The molecule has 1 heterocycles. The third-order valence-corrected chi connectivity index (χ3v) is 3.78. The molecule has 0 saturated carbocycles. The Hall–Kier alpha value is -0.660. The first-order valence-corrected chi connectivity index (χ1v) is 7.18. The van der Waals surface area contributed by atoms with Crippen molar-refractivity contribution in [1.29, 1.82) is 0 Å². The lowest BCUT2D eigenvalue weighted by atomic mass is 10.4. The first-order chi connectivity index (χ1) is 7.51. The molecule has 0 unspecified atom stereocenters. The molecule has 0 spiro atoms. The van der Waals surface area contributed by atoms with Gasteiger partial charge in [-0.05, 0) is 28.9 Å². The fourth-order valence-corrected chi connectivity index (χ4v) is 2.87. The van der Waals surface area contributed by atoms with Crippen LogP contribution in [0, 0.1) is 0 Å². The molecular weight excluding hydrogens is 294 g/mol. The molecule has 0 radical (unpaired) electrons. The first-order valence-electron chi connectivity index (χ1n) is 4.90. The van der Waals surface area contributed by atoms with Gasteiger partial charge in [0.25, 0.3) is 0 Å². The number of hydrogen-bond donors (Lipinski definition) is 2. The van der Waals surface area contributed by atoms with Gasteiger partial charge >= 0.3 is 0 Å². The van der Waals surface area contributed by atoms with Gasteiger partial charge < -0.3 is 5.32 Å². The molecular formula is C9H14BrN3O2S. The predicted octanol–water partition coefficient (Wildman–Crippen LogP) is 1.57. The van der Waals surface area contributed by atoms with Crippen LogP contribution in [0.3, 0.4) is 0 Å². The number of nitrogens with one attached hydrogen (secondary N) is 2. The van der Waals surface area contributed by atoms with E-state index in [0.29, 0.717) is 23.4 Å². The highest BCUT2D eigenvalue weighted by Gasteiger charge is 2.18. The van der Waals surface area contributed by atoms with Crippen LogP contribution < -0.4 is 10.0 Å².